The second-order valence-corrected chi connectivity index (χ2v) is 5.21. The molecule has 0 radical (unpaired) electrons. The minimum Gasteiger partial charge on any atom is -0.166 e. The Kier molecular flexibility index (Phi) is 3.36. The van der Waals surface area contributed by atoms with Crippen LogP contribution in [0.25, 0.3) is 0 Å². The van der Waals surface area contributed by atoms with Crippen LogP contribution in [0.5, 0.6) is 0 Å². The number of alkyl halides is 3. The molecule has 16 heavy (non-hydrogen) atoms. The molecule has 0 aromatic heterocycles. The summed E-state index contributed by atoms with van der Waals surface area (Å²) in [7, 11) is 0. The van der Waals surface area contributed by atoms with Crippen LogP contribution in [0.1, 0.15) is 44.7 Å². The second kappa shape index (κ2) is 4.11. The lowest BCUT2D eigenvalue weighted by molar-refractivity contribution is -0.137. The quantitative estimate of drug-likeness (QED) is 0.646. The molecule has 0 amide bonds. The lowest BCUT2D eigenvalue weighted by atomic mass is 9.78. The van der Waals surface area contributed by atoms with Crippen LogP contribution in [0.15, 0.2) is 24.3 Å². The van der Waals surface area contributed by atoms with E-state index in [0.29, 0.717) is 0 Å². The van der Waals surface area contributed by atoms with Gasteiger partial charge < -0.3 is 0 Å². The van der Waals surface area contributed by atoms with Crippen LogP contribution < -0.4 is 0 Å². The van der Waals surface area contributed by atoms with Gasteiger partial charge in [-0.3, -0.25) is 0 Å². The van der Waals surface area contributed by atoms with Crippen molar-refractivity contribution in [1.82, 2.24) is 0 Å². The van der Waals surface area contributed by atoms with Gasteiger partial charge in [-0.15, -0.1) is 0 Å². The number of hydrogen-bond donors (Lipinski definition) is 0. The van der Waals surface area contributed by atoms with E-state index in [0.717, 1.165) is 17.7 Å². The smallest absolute Gasteiger partial charge is 0.166 e. The first kappa shape index (κ1) is 13.1. The first-order valence-electron chi connectivity index (χ1n) is 5.29. The molecule has 0 N–H and O–H groups in total. The molecule has 3 heteroatoms. The molecule has 0 nitrogen and oxygen atoms in total. The predicted octanol–water partition coefficient (Wildman–Crippen LogP) is 4.86. The van der Waals surface area contributed by atoms with Crippen molar-refractivity contribution >= 4 is 0 Å². The average Bonchev–Trinajstić information content (AvgIpc) is 2.14. The van der Waals surface area contributed by atoms with Gasteiger partial charge in [0.15, 0.2) is 0 Å². The Hall–Kier alpha value is -0.990. The Labute approximate surface area is 94.5 Å². The first-order valence-corrected chi connectivity index (χ1v) is 5.29. The van der Waals surface area contributed by atoms with Crippen LogP contribution in [-0.4, -0.2) is 0 Å². The summed E-state index contributed by atoms with van der Waals surface area (Å²) in [5.41, 5.74) is 0.414. The highest BCUT2D eigenvalue weighted by Crippen LogP contribution is 2.36. The van der Waals surface area contributed by atoms with Crippen molar-refractivity contribution in [3.8, 4) is 0 Å². The second-order valence-electron chi connectivity index (χ2n) is 5.21. The normalized spacial score (nSPS) is 14.9. The van der Waals surface area contributed by atoms with E-state index in [1.165, 1.54) is 0 Å². The zero-order valence-electron chi connectivity index (χ0n) is 10.0. The molecule has 90 valence electrons. The van der Waals surface area contributed by atoms with Gasteiger partial charge >= 0.3 is 6.18 Å². The van der Waals surface area contributed by atoms with Gasteiger partial charge in [0.25, 0.3) is 0 Å². The highest BCUT2D eigenvalue weighted by molar-refractivity contribution is 5.27. The van der Waals surface area contributed by atoms with Crippen LogP contribution in [0.4, 0.5) is 13.2 Å². The van der Waals surface area contributed by atoms with Crippen LogP contribution in [0.3, 0.4) is 0 Å². The van der Waals surface area contributed by atoms with Crippen molar-refractivity contribution in [2.75, 3.05) is 0 Å². The molecular formula is C13H17F3. The maximum absolute atomic E-state index is 12.4. The van der Waals surface area contributed by atoms with Crippen molar-refractivity contribution < 1.29 is 13.2 Å². The summed E-state index contributed by atoms with van der Waals surface area (Å²) in [6.07, 6.45) is -4.25. The lowest BCUT2D eigenvalue weighted by Gasteiger charge is -2.27. The average molecular weight is 230 g/mol. The van der Waals surface area contributed by atoms with E-state index in [9.17, 15) is 13.2 Å². The van der Waals surface area contributed by atoms with Gasteiger partial charge in [-0.2, -0.15) is 13.2 Å². The molecule has 1 atom stereocenters. The van der Waals surface area contributed by atoms with Gasteiger partial charge in [0.2, 0.25) is 0 Å². The van der Waals surface area contributed by atoms with Crippen molar-refractivity contribution in [3.05, 3.63) is 35.4 Å². The van der Waals surface area contributed by atoms with Gasteiger partial charge in [0.1, 0.15) is 0 Å². The Balaban J connectivity index is 2.96. The summed E-state index contributed by atoms with van der Waals surface area (Å²) in [4.78, 5) is 0. The molecule has 0 saturated carbocycles. The van der Waals surface area contributed by atoms with E-state index in [1.54, 1.807) is 12.1 Å². The molecule has 0 heterocycles. The maximum atomic E-state index is 12.4. The predicted molar refractivity (Wildman–Crippen MR) is 59.3 cm³/mol. The van der Waals surface area contributed by atoms with Crippen LogP contribution in [-0.2, 0) is 6.18 Å². The monoisotopic (exact) mass is 230 g/mol. The molecule has 1 rings (SSSR count). The van der Waals surface area contributed by atoms with E-state index < -0.39 is 11.7 Å². The van der Waals surface area contributed by atoms with Gasteiger partial charge in [-0.25, -0.2) is 0 Å². The summed E-state index contributed by atoms with van der Waals surface area (Å²) in [6.45, 7) is 8.27. The van der Waals surface area contributed by atoms with Gasteiger partial charge in [0.05, 0.1) is 5.56 Å². The van der Waals surface area contributed by atoms with Crippen molar-refractivity contribution in [2.45, 2.75) is 39.8 Å². The van der Waals surface area contributed by atoms with Gasteiger partial charge in [-0.05, 0) is 29.0 Å². The number of rotatable bonds is 1. The van der Waals surface area contributed by atoms with E-state index in [1.807, 2.05) is 6.92 Å². The van der Waals surface area contributed by atoms with E-state index in [2.05, 4.69) is 20.8 Å². The first-order chi connectivity index (χ1) is 7.12. The molecule has 0 spiro atoms. The van der Waals surface area contributed by atoms with Crippen LogP contribution in [0.2, 0.25) is 0 Å². The Morgan fingerprint density at radius 2 is 1.38 bits per heavy atom. The fourth-order valence-electron chi connectivity index (χ4n) is 1.46. The maximum Gasteiger partial charge on any atom is 0.416 e. The molecule has 0 unspecified atom stereocenters. The van der Waals surface area contributed by atoms with Crippen molar-refractivity contribution in [1.29, 1.82) is 0 Å². The Morgan fingerprint density at radius 1 is 0.938 bits per heavy atom. The molecule has 0 saturated heterocycles. The molecule has 0 aliphatic rings. The highest BCUT2D eigenvalue weighted by atomic mass is 19.4. The Bertz CT molecular complexity index is 341. The summed E-state index contributed by atoms with van der Waals surface area (Å²) >= 11 is 0. The highest BCUT2D eigenvalue weighted by Gasteiger charge is 2.30. The molecule has 0 aliphatic heterocycles. The third-order valence-corrected chi connectivity index (χ3v) is 3.04. The van der Waals surface area contributed by atoms with Crippen molar-refractivity contribution in [2.24, 2.45) is 5.41 Å². The van der Waals surface area contributed by atoms with E-state index >= 15 is 0 Å². The SMILES string of the molecule is C[C@@H](c1ccc(C(F)(F)F)cc1)C(C)(C)C. The minimum absolute atomic E-state index is 0.0553. The topological polar surface area (TPSA) is 0 Å². The zero-order chi connectivity index (χ0) is 12.6. The zero-order valence-corrected chi connectivity index (χ0v) is 10.0. The molecular weight excluding hydrogens is 213 g/mol. The molecule has 1 aromatic rings. The standard InChI is InChI=1S/C13H17F3/c1-9(12(2,3)4)10-5-7-11(8-6-10)13(14,15)16/h5-9H,1-4H3/t9-/m0/s1. The van der Waals surface area contributed by atoms with Crippen LogP contribution >= 0.6 is 0 Å². The minimum atomic E-state index is -4.25. The fraction of sp³-hybridized carbons (Fsp3) is 0.538. The number of hydrogen-bond acceptors (Lipinski definition) is 0. The van der Waals surface area contributed by atoms with E-state index in [4.69, 9.17) is 0 Å². The molecule has 0 fully saturated rings. The third-order valence-electron chi connectivity index (χ3n) is 3.04. The third kappa shape index (κ3) is 3.00. The molecule has 0 bridgehead atoms. The summed E-state index contributed by atoms with van der Waals surface area (Å²) in [5, 5.41) is 0. The lowest BCUT2D eigenvalue weighted by Crippen LogP contribution is -2.15. The summed E-state index contributed by atoms with van der Waals surface area (Å²) in [5.74, 6) is 0.231. The van der Waals surface area contributed by atoms with Gasteiger partial charge in [0, 0.05) is 0 Å². The molecule has 1 aromatic carbocycles. The Morgan fingerprint density at radius 3 is 1.69 bits per heavy atom. The van der Waals surface area contributed by atoms with Crippen molar-refractivity contribution in [3.63, 3.8) is 0 Å². The fourth-order valence-corrected chi connectivity index (χ4v) is 1.46. The largest absolute Gasteiger partial charge is 0.416 e. The number of benzene rings is 1. The van der Waals surface area contributed by atoms with E-state index in [-0.39, 0.29) is 11.3 Å². The summed E-state index contributed by atoms with van der Waals surface area (Å²) < 4.78 is 37.1. The molecule has 0 aliphatic carbocycles. The van der Waals surface area contributed by atoms with Crippen LogP contribution in [0, 0.1) is 5.41 Å². The van der Waals surface area contributed by atoms with Gasteiger partial charge in [-0.1, -0.05) is 39.8 Å². The summed E-state index contributed by atoms with van der Waals surface area (Å²) in [6, 6.07) is 5.44. The number of halogens is 3.